The predicted octanol–water partition coefficient (Wildman–Crippen LogP) is 1.22. The fourth-order valence-electron chi connectivity index (χ4n) is 2.81. The van der Waals surface area contributed by atoms with Crippen molar-refractivity contribution in [3.8, 4) is 0 Å². The zero-order valence-corrected chi connectivity index (χ0v) is 9.82. The van der Waals surface area contributed by atoms with Gasteiger partial charge in [0.15, 0.2) is 0 Å². The maximum absolute atomic E-state index is 6.00. The molecule has 15 heavy (non-hydrogen) atoms. The first-order valence-corrected chi connectivity index (χ1v) is 6.35. The van der Waals surface area contributed by atoms with Crippen molar-refractivity contribution in [1.29, 1.82) is 0 Å². The highest BCUT2D eigenvalue weighted by molar-refractivity contribution is 4.83. The maximum Gasteiger partial charge on any atom is 0.0621 e. The van der Waals surface area contributed by atoms with E-state index in [4.69, 9.17) is 10.5 Å². The SMILES string of the molecule is CC(N)C1CCCN(C2CCCOC2)C1. The fourth-order valence-corrected chi connectivity index (χ4v) is 2.81. The summed E-state index contributed by atoms with van der Waals surface area (Å²) in [6, 6.07) is 1.01. The highest BCUT2D eigenvalue weighted by atomic mass is 16.5. The van der Waals surface area contributed by atoms with Gasteiger partial charge in [-0.3, -0.25) is 4.90 Å². The first kappa shape index (κ1) is 11.4. The lowest BCUT2D eigenvalue weighted by molar-refractivity contribution is -0.000165. The molecule has 2 N–H and O–H groups in total. The van der Waals surface area contributed by atoms with Gasteiger partial charge >= 0.3 is 0 Å². The molecule has 2 rings (SSSR count). The summed E-state index contributed by atoms with van der Waals surface area (Å²) < 4.78 is 5.56. The number of nitrogens with zero attached hydrogens (tertiary/aromatic N) is 1. The first-order chi connectivity index (χ1) is 7.27. The van der Waals surface area contributed by atoms with Gasteiger partial charge in [0.05, 0.1) is 6.61 Å². The highest BCUT2D eigenvalue weighted by Gasteiger charge is 2.28. The summed E-state index contributed by atoms with van der Waals surface area (Å²) in [5.41, 5.74) is 6.00. The van der Waals surface area contributed by atoms with Crippen LogP contribution in [0, 0.1) is 5.92 Å². The van der Waals surface area contributed by atoms with Crippen LogP contribution in [0.15, 0.2) is 0 Å². The van der Waals surface area contributed by atoms with Crippen LogP contribution in [-0.2, 0) is 4.74 Å². The second kappa shape index (κ2) is 5.28. The van der Waals surface area contributed by atoms with Gasteiger partial charge in [0.25, 0.3) is 0 Å². The van der Waals surface area contributed by atoms with Crippen molar-refractivity contribution in [2.24, 2.45) is 11.7 Å². The Bertz CT molecular complexity index is 190. The Morgan fingerprint density at radius 1 is 1.33 bits per heavy atom. The van der Waals surface area contributed by atoms with E-state index in [0.29, 0.717) is 18.0 Å². The number of hydrogen-bond donors (Lipinski definition) is 1. The number of likely N-dealkylation sites (tertiary alicyclic amines) is 1. The molecule has 0 aliphatic carbocycles. The normalized spacial score (nSPS) is 36.4. The standard InChI is InChI=1S/C12H24N2O/c1-10(13)11-4-2-6-14(8-11)12-5-3-7-15-9-12/h10-12H,2-9,13H2,1H3. The molecule has 0 radical (unpaired) electrons. The van der Waals surface area contributed by atoms with Crippen LogP contribution in [0.25, 0.3) is 0 Å². The molecule has 2 fully saturated rings. The lowest BCUT2D eigenvalue weighted by atomic mass is 9.90. The third kappa shape index (κ3) is 2.92. The summed E-state index contributed by atoms with van der Waals surface area (Å²) in [4.78, 5) is 2.61. The molecule has 0 amide bonds. The van der Waals surface area contributed by atoms with Gasteiger partial charge in [-0.15, -0.1) is 0 Å². The molecule has 88 valence electrons. The molecule has 0 bridgehead atoms. The van der Waals surface area contributed by atoms with Gasteiger partial charge < -0.3 is 10.5 Å². The summed E-state index contributed by atoms with van der Waals surface area (Å²) in [5.74, 6) is 0.695. The first-order valence-electron chi connectivity index (χ1n) is 6.35. The van der Waals surface area contributed by atoms with Crippen LogP contribution in [0.5, 0.6) is 0 Å². The lowest BCUT2D eigenvalue weighted by Crippen LogP contribution is -2.49. The average molecular weight is 212 g/mol. The minimum absolute atomic E-state index is 0.345. The van der Waals surface area contributed by atoms with Gasteiger partial charge in [-0.05, 0) is 45.1 Å². The maximum atomic E-state index is 6.00. The summed E-state index contributed by atoms with van der Waals surface area (Å²) in [7, 11) is 0. The number of rotatable bonds is 2. The Morgan fingerprint density at radius 2 is 2.20 bits per heavy atom. The Morgan fingerprint density at radius 3 is 2.87 bits per heavy atom. The smallest absolute Gasteiger partial charge is 0.0621 e. The third-order valence-corrected chi connectivity index (χ3v) is 3.89. The van der Waals surface area contributed by atoms with Crippen LogP contribution in [0.4, 0.5) is 0 Å². The van der Waals surface area contributed by atoms with E-state index < -0.39 is 0 Å². The molecule has 3 nitrogen and oxygen atoms in total. The van der Waals surface area contributed by atoms with E-state index in [9.17, 15) is 0 Å². The summed E-state index contributed by atoms with van der Waals surface area (Å²) in [6.07, 6.45) is 5.15. The van der Waals surface area contributed by atoms with Crippen LogP contribution >= 0.6 is 0 Å². The Balaban J connectivity index is 1.85. The number of nitrogens with two attached hydrogens (primary N) is 1. The van der Waals surface area contributed by atoms with Gasteiger partial charge in [-0.1, -0.05) is 0 Å². The molecule has 3 heteroatoms. The quantitative estimate of drug-likeness (QED) is 0.748. The largest absolute Gasteiger partial charge is 0.380 e. The number of piperidine rings is 1. The molecule has 0 spiro atoms. The molecule has 3 atom stereocenters. The van der Waals surface area contributed by atoms with Crippen molar-refractivity contribution in [3.05, 3.63) is 0 Å². The molecule has 2 heterocycles. The molecule has 2 saturated heterocycles. The van der Waals surface area contributed by atoms with E-state index in [1.807, 2.05) is 0 Å². The molecule has 2 aliphatic heterocycles. The fraction of sp³-hybridized carbons (Fsp3) is 1.00. The molecular formula is C12H24N2O. The van der Waals surface area contributed by atoms with E-state index in [2.05, 4.69) is 11.8 Å². The predicted molar refractivity (Wildman–Crippen MR) is 61.8 cm³/mol. The van der Waals surface area contributed by atoms with Crippen molar-refractivity contribution in [2.45, 2.75) is 44.7 Å². The topological polar surface area (TPSA) is 38.5 Å². The van der Waals surface area contributed by atoms with E-state index in [1.165, 1.54) is 38.8 Å². The second-order valence-corrected chi connectivity index (χ2v) is 5.13. The molecule has 0 aromatic carbocycles. The minimum atomic E-state index is 0.345. The minimum Gasteiger partial charge on any atom is -0.380 e. The molecule has 2 aliphatic rings. The van der Waals surface area contributed by atoms with Gasteiger partial charge in [0, 0.05) is 25.2 Å². The van der Waals surface area contributed by atoms with E-state index >= 15 is 0 Å². The molecule has 0 saturated carbocycles. The van der Waals surface area contributed by atoms with Gasteiger partial charge in [-0.25, -0.2) is 0 Å². The van der Waals surface area contributed by atoms with Crippen LogP contribution in [0.2, 0.25) is 0 Å². The Kier molecular flexibility index (Phi) is 4.00. The van der Waals surface area contributed by atoms with Crippen molar-refractivity contribution in [2.75, 3.05) is 26.3 Å². The van der Waals surface area contributed by atoms with Crippen LogP contribution < -0.4 is 5.73 Å². The number of hydrogen-bond acceptors (Lipinski definition) is 3. The lowest BCUT2D eigenvalue weighted by Gasteiger charge is -2.40. The Labute approximate surface area is 93.0 Å². The zero-order valence-electron chi connectivity index (χ0n) is 9.82. The average Bonchev–Trinajstić information content (AvgIpc) is 2.30. The molecule has 3 unspecified atom stereocenters. The van der Waals surface area contributed by atoms with Gasteiger partial charge in [0.2, 0.25) is 0 Å². The van der Waals surface area contributed by atoms with E-state index in [0.717, 1.165) is 13.2 Å². The monoisotopic (exact) mass is 212 g/mol. The Hall–Kier alpha value is -0.120. The van der Waals surface area contributed by atoms with Gasteiger partial charge in [-0.2, -0.15) is 0 Å². The molecule has 0 aromatic rings. The second-order valence-electron chi connectivity index (χ2n) is 5.13. The van der Waals surface area contributed by atoms with Crippen molar-refractivity contribution in [3.63, 3.8) is 0 Å². The van der Waals surface area contributed by atoms with E-state index in [-0.39, 0.29) is 0 Å². The van der Waals surface area contributed by atoms with E-state index in [1.54, 1.807) is 0 Å². The number of ether oxygens (including phenoxy) is 1. The van der Waals surface area contributed by atoms with Crippen LogP contribution in [0.1, 0.15) is 32.6 Å². The zero-order chi connectivity index (χ0) is 10.7. The third-order valence-electron chi connectivity index (χ3n) is 3.89. The van der Waals surface area contributed by atoms with Crippen molar-refractivity contribution < 1.29 is 4.74 Å². The highest BCUT2D eigenvalue weighted by Crippen LogP contribution is 2.23. The van der Waals surface area contributed by atoms with Crippen LogP contribution in [0.3, 0.4) is 0 Å². The van der Waals surface area contributed by atoms with Gasteiger partial charge in [0.1, 0.15) is 0 Å². The van der Waals surface area contributed by atoms with Crippen LogP contribution in [-0.4, -0.2) is 43.3 Å². The molecular weight excluding hydrogens is 188 g/mol. The summed E-state index contributed by atoms with van der Waals surface area (Å²) in [5, 5.41) is 0. The molecule has 0 aromatic heterocycles. The summed E-state index contributed by atoms with van der Waals surface area (Å²) in [6.45, 7) is 6.47. The van der Waals surface area contributed by atoms with Crippen molar-refractivity contribution in [1.82, 2.24) is 4.90 Å². The summed E-state index contributed by atoms with van der Waals surface area (Å²) >= 11 is 0. The van der Waals surface area contributed by atoms with Crippen molar-refractivity contribution >= 4 is 0 Å².